The van der Waals surface area contributed by atoms with E-state index in [0.717, 1.165) is 5.56 Å². The molecule has 2 atom stereocenters. The molecule has 0 saturated carbocycles. The Kier molecular flexibility index (Phi) is 4.50. The number of carbonyl (C=O) groups is 1. The quantitative estimate of drug-likeness (QED) is 0.852. The molecule has 0 aromatic heterocycles. The van der Waals surface area contributed by atoms with E-state index < -0.39 is 5.72 Å². The summed E-state index contributed by atoms with van der Waals surface area (Å²) in [5.41, 5.74) is -0.107. The van der Waals surface area contributed by atoms with E-state index in [1.54, 1.807) is 6.92 Å². The number of nitrogens with zero attached hydrogens (tertiary/aromatic N) is 1. The first kappa shape index (κ1) is 14.4. The van der Waals surface area contributed by atoms with Crippen LogP contribution >= 0.6 is 11.8 Å². The Balaban J connectivity index is 2.08. The summed E-state index contributed by atoms with van der Waals surface area (Å²) in [6.45, 7) is 2.14. The summed E-state index contributed by atoms with van der Waals surface area (Å²) in [7, 11) is 0. The van der Waals surface area contributed by atoms with Crippen LogP contribution in [0.25, 0.3) is 0 Å². The summed E-state index contributed by atoms with van der Waals surface area (Å²) in [5.74, 6) is 0.471. The number of aliphatic hydroxyl groups excluding tert-OH is 1. The van der Waals surface area contributed by atoms with Crippen LogP contribution in [0, 0.1) is 0 Å². The lowest BCUT2D eigenvalue weighted by molar-refractivity contribution is -0.143. The Morgan fingerprint density at radius 3 is 2.74 bits per heavy atom. The molecular weight excluding hydrogens is 262 g/mol. The van der Waals surface area contributed by atoms with Gasteiger partial charge in [0.05, 0.1) is 11.9 Å². The molecule has 1 aromatic carbocycles. The van der Waals surface area contributed by atoms with E-state index in [9.17, 15) is 9.90 Å². The molecule has 5 heteroatoms. The van der Waals surface area contributed by atoms with Crippen molar-refractivity contribution in [1.82, 2.24) is 4.90 Å². The minimum absolute atomic E-state index is 0.0488. The number of benzene rings is 1. The van der Waals surface area contributed by atoms with Gasteiger partial charge >= 0.3 is 0 Å². The van der Waals surface area contributed by atoms with Crippen molar-refractivity contribution in [3.8, 4) is 0 Å². The molecule has 2 N–H and O–H groups in total. The van der Waals surface area contributed by atoms with Crippen molar-refractivity contribution in [2.45, 2.75) is 30.9 Å². The smallest absolute Gasteiger partial charge is 0.238 e. The molecule has 19 heavy (non-hydrogen) atoms. The number of amides is 1. The second-order valence-corrected chi connectivity index (χ2v) is 6.22. The molecule has 1 aromatic rings. The van der Waals surface area contributed by atoms with Gasteiger partial charge in [-0.2, -0.15) is 0 Å². The fraction of sp³-hybridized carbons (Fsp3) is 0.500. The van der Waals surface area contributed by atoms with Crippen LogP contribution < -0.4 is 0 Å². The fourth-order valence-electron chi connectivity index (χ4n) is 2.30. The SMILES string of the molecule is CC1(O)CC(SCCO)C(=O)N1Cc1ccccc1. The van der Waals surface area contributed by atoms with Crippen LogP contribution in [0.4, 0.5) is 0 Å². The molecule has 4 nitrogen and oxygen atoms in total. The average molecular weight is 281 g/mol. The third kappa shape index (κ3) is 3.29. The van der Waals surface area contributed by atoms with Crippen molar-refractivity contribution in [3.63, 3.8) is 0 Å². The molecular formula is C14H19NO3S. The Labute approximate surface area is 117 Å². The van der Waals surface area contributed by atoms with Crippen LogP contribution in [0.3, 0.4) is 0 Å². The first-order valence-electron chi connectivity index (χ1n) is 6.35. The first-order chi connectivity index (χ1) is 9.04. The number of likely N-dealkylation sites (tertiary alicyclic amines) is 1. The Bertz CT molecular complexity index is 436. The van der Waals surface area contributed by atoms with Gasteiger partial charge in [-0.1, -0.05) is 30.3 Å². The van der Waals surface area contributed by atoms with E-state index >= 15 is 0 Å². The van der Waals surface area contributed by atoms with E-state index in [2.05, 4.69) is 0 Å². The Hall–Kier alpha value is -1.04. The van der Waals surface area contributed by atoms with Gasteiger partial charge in [-0.3, -0.25) is 4.79 Å². The van der Waals surface area contributed by atoms with Crippen molar-refractivity contribution in [1.29, 1.82) is 0 Å². The van der Waals surface area contributed by atoms with Crippen molar-refractivity contribution >= 4 is 17.7 Å². The summed E-state index contributed by atoms with van der Waals surface area (Å²) >= 11 is 1.41. The first-order valence-corrected chi connectivity index (χ1v) is 7.40. The van der Waals surface area contributed by atoms with Crippen molar-refractivity contribution in [2.75, 3.05) is 12.4 Å². The molecule has 1 aliphatic heterocycles. The second-order valence-electron chi connectivity index (χ2n) is 4.91. The maximum absolute atomic E-state index is 12.3. The number of carbonyl (C=O) groups excluding carboxylic acids is 1. The molecule has 2 unspecified atom stereocenters. The van der Waals surface area contributed by atoms with E-state index in [1.807, 2.05) is 30.3 Å². The zero-order valence-corrected chi connectivity index (χ0v) is 11.8. The normalized spacial score (nSPS) is 27.0. The molecule has 0 spiro atoms. The topological polar surface area (TPSA) is 60.8 Å². The predicted molar refractivity (Wildman–Crippen MR) is 75.6 cm³/mol. The Morgan fingerprint density at radius 1 is 1.42 bits per heavy atom. The third-order valence-electron chi connectivity index (χ3n) is 3.29. The summed E-state index contributed by atoms with van der Waals surface area (Å²) in [6, 6.07) is 9.65. The van der Waals surface area contributed by atoms with E-state index in [4.69, 9.17) is 5.11 Å². The number of hydrogen-bond acceptors (Lipinski definition) is 4. The molecule has 0 bridgehead atoms. The monoisotopic (exact) mass is 281 g/mol. The van der Waals surface area contributed by atoms with Gasteiger partial charge in [-0.25, -0.2) is 0 Å². The molecule has 1 fully saturated rings. The molecule has 104 valence electrons. The molecule has 1 aliphatic rings. The standard InChI is InChI=1S/C14H19NO3S/c1-14(18)9-12(19-8-7-16)13(17)15(14)10-11-5-3-2-4-6-11/h2-6,12,16,18H,7-10H2,1H3. The lowest BCUT2D eigenvalue weighted by Crippen LogP contribution is -2.42. The van der Waals surface area contributed by atoms with Crippen LogP contribution in [-0.2, 0) is 11.3 Å². The van der Waals surface area contributed by atoms with Gasteiger partial charge in [0.15, 0.2) is 0 Å². The van der Waals surface area contributed by atoms with Crippen LogP contribution in [-0.4, -0.2) is 44.4 Å². The van der Waals surface area contributed by atoms with Gasteiger partial charge in [0.2, 0.25) is 5.91 Å². The molecule has 1 heterocycles. The van der Waals surface area contributed by atoms with Crippen LogP contribution in [0.1, 0.15) is 18.9 Å². The maximum Gasteiger partial charge on any atom is 0.238 e. The summed E-state index contributed by atoms with van der Waals surface area (Å²) in [4.78, 5) is 13.8. The highest BCUT2D eigenvalue weighted by atomic mass is 32.2. The van der Waals surface area contributed by atoms with Crippen molar-refractivity contribution in [3.05, 3.63) is 35.9 Å². The van der Waals surface area contributed by atoms with Crippen LogP contribution in [0.2, 0.25) is 0 Å². The summed E-state index contributed by atoms with van der Waals surface area (Å²) in [6.07, 6.45) is 0.406. The maximum atomic E-state index is 12.3. The van der Waals surface area contributed by atoms with Gasteiger partial charge < -0.3 is 15.1 Å². The second kappa shape index (κ2) is 5.94. The van der Waals surface area contributed by atoms with Gasteiger partial charge in [0.1, 0.15) is 5.72 Å². The number of rotatable bonds is 5. The third-order valence-corrected chi connectivity index (χ3v) is 4.48. The minimum atomic E-state index is -1.11. The fourth-order valence-corrected chi connectivity index (χ4v) is 3.39. The van der Waals surface area contributed by atoms with Gasteiger partial charge in [0, 0.05) is 18.7 Å². The number of thioether (sulfide) groups is 1. The molecule has 1 saturated heterocycles. The average Bonchev–Trinajstić information content (AvgIpc) is 2.61. The summed E-state index contributed by atoms with van der Waals surface area (Å²) < 4.78 is 0. The highest BCUT2D eigenvalue weighted by molar-refractivity contribution is 8.00. The van der Waals surface area contributed by atoms with Gasteiger partial charge in [-0.15, -0.1) is 11.8 Å². The van der Waals surface area contributed by atoms with Crippen LogP contribution in [0.5, 0.6) is 0 Å². The van der Waals surface area contributed by atoms with Crippen molar-refractivity contribution in [2.24, 2.45) is 0 Å². The Morgan fingerprint density at radius 2 is 2.11 bits per heavy atom. The highest BCUT2D eigenvalue weighted by Gasteiger charge is 2.46. The highest BCUT2D eigenvalue weighted by Crippen LogP contribution is 2.35. The summed E-state index contributed by atoms with van der Waals surface area (Å²) in [5, 5.41) is 19.0. The lowest BCUT2D eigenvalue weighted by Gasteiger charge is -2.29. The van der Waals surface area contributed by atoms with Gasteiger partial charge in [-0.05, 0) is 12.5 Å². The molecule has 0 radical (unpaired) electrons. The number of hydrogen-bond donors (Lipinski definition) is 2. The lowest BCUT2D eigenvalue weighted by atomic mass is 10.1. The van der Waals surface area contributed by atoms with E-state index in [0.29, 0.717) is 18.7 Å². The largest absolute Gasteiger partial charge is 0.396 e. The van der Waals surface area contributed by atoms with Crippen molar-refractivity contribution < 1.29 is 15.0 Å². The molecule has 0 aliphatic carbocycles. The zero-order chi connectivity index (χ0) is 13.9. The molecule has 2 rings (SSSR count). The van der Waals surface area contributed by atoms with E-state index in [-0.39, 0.29) is 17.8 Å². The minimum Gasteiger partial charge on any atom is -0.396 e. The van der Waals surface area contributed by atoms with Crippen LogP contribution in [0.15, 0.2) is 30.3 Å². The predicted octanol–water partition coefficient (Wildman–Crippen LogP) is 1.22. The number of aliphatic hydroxyl groups is 2. The van der Waals surface area contributed by atoms with E-state index in [1.165, 1.54) is 16.7 Å². The molecule has 1 amide bonds. The van der Waals surface area contributed by atoms with Gasteiger partial charge in [0.25, 0.3) is 0 Å². The zero-order valence-electron chi connectivity index (χ0n) is 11.0.